The van der Waals surface area contributed by atoms with E-state index in [1.807, 2.05) is 0 Å². The Labute approximate surface area is 126 Å². The maximum absolute atomic E-state index is 12.1. The summed E-state index contributed by atoms with van der Waals surface area (Å²) in [6.45, 7) is 3.01. The van der Waals surface area contributed by atoms with E-state index < -0.39 is 12.6 Å². The van der Waals surface area contributed by atoms with Crippen LogP contribution >= 0.6 is 0 Å². The predicted molar refractivity (Wildman–Crippen MR) is 78.0 cm³/mol. The first-order valence-electron chi connectivity index (χ1n) is 8.66. The summed E-state index contributed by atoms with van der Waals surface area (Å²) < 4.78 is 36.4. The summed E-state index contributed by atoms with van der Waals surface area (Å²) in [4.78, 5) is 0. The van der Waals surface area contributed by atoms with Crippen molar-refractivity contribution in [1.82, 2.24) is 5.32 Å². The van der Waals surface area contributed by atoms with Crippen LogP contribution in [0.2, 0.25) is 0 Å². The van der Waals surface area contributed by atoms with Crippen LogP contribution in [0.15, 0.2) is 0 Å². The Balaban J connectivity index is 1.44. The Morgan fingerprint density at radius 3 is 2.00 bits per heavy atom. The van der Waals surface area contributed by atoms with Crippen LogP contribution in [0, 0.1) is 23.2 Å². The van der Waals surface area contributed by atoms with Crippen molar-refractivity contribution >= 4 is 0 Å². The van der Waals surface area contributed by atoms with E-state index in [1.54, 1.807) is 0 Å². The van der Waals surface area contributed by atoms with Crippen LogP contribution in [-0.4, -0.2) is 18.8 Å². The molecule has 1 nitrogen and oxygen atoms in total. The molecule has 122 valence electrons. The van der Waals surface area contributed by atoms with E-state index in [9.17, 15) is 13.2 Å². The fraction of sp³-hybridized carbons (Fsp3) is 1.00. The lowest BCUT2D eigenvalue weighted by Gasteiger charge is -2.59. The fourth-order valence-corrected chi connectivity index (χ4v) is 5.69. The van der Waals surface area contributed by atoms with E-state index in [1.165, 1.54) is 38.5 Å². The molecule has 0 saturated heterocycles. The summed E-state index contributed by atoms with van der Waals surface area (Å²) in [5.41, 5.74) is 0.457. The minimum Gasteiger partial charge on any atom is -0.314 e. The average molecular weight is 303 g/mol. The molecule has 0 aromatic rings. The fourth-order valence-electron chi connectivity index (χ4n) is 5.69. The topological polar surface area (TPSA) is 12.0 Å². The average Bonchev–Trinajstić information content (AvgIpc) is 2.35. The molecule has 0 amide bonds. The molecule has 4 fully saturated rings. The molecular formula is C17H28F3N. The van der Waals surface area contributed by atoms with Crippen LogP contribution in [0.4, 0.5) is 13.2 Å². The lowest BCUT2D eigenvalue weighted by Crippen LogP contribution is -2.54. The van der Waals surface area contributed by atoms with Gasteiger partial charge in [-0.15, -0.1) is 0 Å². The Kier molecular flexibility index (Phi) is 4.28. The second-order valence-electron chi connectivity index (χ2n) is 8.03. The van der Waals surface area contributed by atoms with Crippen molar-refractivity contribution in [2.24, 2.45) is 23.2 Å². The van der Waals surface area contributed by atoms with Gasteiger partial charge in [0.25, 0.3) is 0 Å². The van der Waals surface area contributed by atoms with Crippen molar-refractivity contribution in [3.63, 3.8) is 0 Å². The van der Waals surface area contributed by atoms with Gasteiger partial charge in [-0.25, -0.2) is 0 Å². The third-order valence-corrected chi connectivity index (χ3v) is 6.34. The summed E-state index contributed by atoms with van der Waals surface area (Å²) in [6, 6.07) is 0.469. The lowest BCUT2D eigenvalue weighted by atomic mass is 9.48. The van der Waals surface area contributed by atoms with Gasteiger partial charge in [-0.05, 0) is 88.0 Å². The van der Waals surface area contributed by atoms with Crippen LogP contribution in [0.25, 0.3) is 0 Å². The van der Waals surface area contributed by atoms with E-state index in [4.69, 9.17) is 0 Å². The molecule has 4 bridgehead atoms. The van der Waals surface area contributed by atoms with Gasteiger partial charge >= 0.3 is 6.18 Å². The van der Waals surface area contributed by atoms with Gasteiger partial charge in [-0.2, -0.15) is 13.2 Å². The first-order chi connectivity index (χ1) is 9.86. The van der Waals surface area contributed by atoms with Crippen molar-refractivity contribution in [2.45, 2.75) is 76.9 Å². The molecule has 4 saturated carbocycles. The van der Waals surface area contributed by atoms with Gasteiger partial charge in [0.1, 0.15) is 0 Å². The number of hydrogen-bond donors (Lipinski definition) is 1. The molecular weight excluding hydrogens is 275 g/mol. The second kappa shape index (κ2) is 5.75. The molecule has 4 aliphatic carbocycles. The van der Waals surface area contributed by atoms with Crippen molar-refractivity contribution in [3.8, 4) is 0 Å². The summed E-state index contributed by atoms with van der Waals surface area (Å²) in [5.74, 6) is 2.81. The third kappa shape index (κ3) is 3.57. The highest BCUT2D eigenvalue weighted by Crippen LogP contribution is 2.61. The highest BCUT2D eigenvalue weighted by Gasteiger charge is 2.52. The highest BCUT2D eigenvalue weighted by molar-refractivity contribution is 5.05. The Morgan fingerprint density at radius 1 is 1.00 bits per heavy atom. The summed E-state index contributed by atoms with van der Waals surface area (Å²) in [5, 5.41) is 3.56. The number of halogens is 3. The lowest BCUT2D eigenvalue weighted by molar-refractivity contribution is -0.135. The molecule has 0 aromatic heterocycles. The number of rotatable bonds is 6. The van der Waals surface area contributed by atoms with Crippen molar-refractivity contribution in [2.75, 3.05) is 6.54 Å². The molecule has 0 aromatic carbocycles. The van der Waals surface area contributed by atoms with Crippen LogP contribution in [0.1, 0.15) is 64.7 Å². The van der Waals surface area contributed by atoms with E-state index >= 15 is 0 Å². The minimum atomic E-state index is -3.99. The molecule has 0 radical (unpaired) electrons. The number of nitrogens with one attached hydrogen (secondary N) is 1. The minimum absolute atomic E-state index is 0.254. The standard InChI is InChI=1S/C17H28F3N/c1-12(21-5-3-2-4-17(18,19)20)16-9-13-6-14(10-16)8-15(7-13)11-16/h12-15,21H,2-11H2,1H3. The molecule has 1 unspecified atom stereocenters. The molecule has 21 heavy (non-hydrogen) atoms. The van der Waals surface area contributed by atoms with E-state index in [-0.39, 0.29) is 6.42 Å². The molecule has 0 heterocycles. The van der Waals surface area contributed by atoms with Gasteiger partial charge in [0.15, 0.2) is 0 Å². The summed E-state index contributed by atoms with van der Waals surface area (Å²) >= 11 is 0. The van der Waals surface area contributed by atoms with Crippen LogP contribution < -0.4 is 5.32 Å². The van der Waals surface area contributed by atoms with E-state index in [0.717, 1.165) is 24.3 Å². The number of alkyl halides is 3. The maximum atomic E-state index is 12.1. The smallest absolute Gasteiger partial charge is 0.314 e. The van der Waals surface area contributed by atoms with Crippen molar-refractivity contribution in [3.05, 3.63) is 0 Å². The Morgan fingerprint density at radius 2 is 1.52 bits per heavy atom. The Bertz CT molecular complexity index is 328. The predicted octanol–water partition coefficient (Wildman–Crippen LogP) is 4.91. The first kappa shape index (κ1) is 15.6. The van der Waals surface area contributed by atoms with Gasteiger partial charge in [0.05, 0.1) is 0 Å². The highest BCUT2D eigenvalue weighted by atomic mass is 19.4. The molecule has 4 heteroatoms. The second-order valence-corrected chi connectivity index (χ2v) is 8.03. The van der Waals surface area contributed by atoms with Gasteiger partial charge in [0.2, 0.25) is 0 Å². The third-order valence-electron chi connectivity index (χ3n) is 6.34. The van der Waals surface area contributed by atoms with E-state index in [0.29, 0.717) is 17.9 Å². The zero-order valence-corrected chi connectivity index (χ0v) is 13.0. The summed E-state index contributed by atoms with van der Waals surface area (Å²) in [7, 11) is 0. The zero-order chi connectivity index (χ0) is 15.1. The van der Waals surface area contributed by atoms with Crippen LogP contribution in [-0.2, 0) is 0 Å². The largest absolute Gasteiger partial charge is 0.389 e. The molecule has 1 atom stereocenters. The monoisotopic (exact) mass is 303 g/mol. The molecule has 4 aliphatic rings. The normalized spacial score (nSPS) is 39.7. The molecule has 4 rings (SSSR count). The summed E-state index contributed by atoms with van der Waals surface area (Å²) in [6.07, 6.45) is 4.65. The maximum Gasteiger partial charge on any atom is 0.389 e. The molecule has 0 aliphatic heterocycles. The van der Waals surface area contributed by atoms with Gasteiger partial charge in [-0.3, -0.25) is 0 Å². The van der Waals surface area contributed by atoms with Crippen molar-refractivity contribution < 1.29 is 13.2 Å². The van der Waals surface area contributed by atoms with Gasteiger partial charge in [-0.1, -0.05) is 0 Å². The quantitative estimate of drug-likeness (QED) is 0.687. The van der Waals surface area contributed by atoms with Crippen LogP contribution in [0.3, 0.4) is 0 Å². The SMILES string of the molecule is CC(NCCCCC(F)(F)F)C12CC3CC(CC(C3)C1)C2. The molecule has 1 N–H and O–H groups in total. The number of unbranched alkanes of at least 4 members (excludes halogenated alkanes) is 1. The number of hydrogen-bond acceptors (Lipinski definition) is 1. The first-order valence-corrected chi connectivity index (χ1v) is 8.66. The zero-order valence-electron chi connectivity index (χ0n) is 13.0. The van der Waals surface area contributed by atoms with Gasteiger partial charge in [0, 0.05) is 12.5 Å². The van der Waals surface area contributed by atoms with Crippen molar-refractivity contribution in [1.29, 1.82) is 0 Å². The van der Waals surface area contributed by atoms with Gasteiger partial charge < -0.3 is 5.32 Å². The van der Waals surface area contributed by atoms with Crippen LogP contribution in [0.5, 0.6) is 0 Å². The molecule has 0 spiro atoms. The van der Waals surface area contributed by atoms with E-state index in [2.05, 4.69) is 12.2 Å². The Hall–Kier alpha value is -0.250.